The van der Waals surface area contributed by atoms with Crippen molar-refractivity contribution >= 4 is 0 Å². The lowest BCUT2D eigenvalue weighted by atomic mass is 9.64. The summed E-state index contributed by atoms with van der Waals surface area (Å²) < 4.78 is 0. The van der Waals surface area contributed by atoms with Crippen LogP contribution in [0, 0.1) is 40.9 Å². The lowest BCUT2D eigenvalue weighted by Crippen LogP contribution is -2.33. The summed E-state index contributed by atoms with van der Waals surface area (Å²) in [6.45, 7) is 5.14. The van der Waals surface area contributed by atoms with Crippen LogP contribution in [0.2, 0.25) is 0 Å². The van der Waals surface area contributed by atoms with Crippen molar-refractivity contribution in [2.45, 2.75) is 58.8 Å². The monoisotopic (exact) mass is 218 g/mol. The van der Waals surface area contributed by atoms with Crippen molar-refractivity contribution in [3.8, 4) is 0 Å². The third-order valence-electron chi connectivity index (χ3n) is 7.08. The van der Waals surface area contributed by atoms with Crippen molar-refractivity contribution in [1.82, 2.24) is 0 Å². The van der Waals surface area contributed by atoms with E-state index in [1.165, 1.54) is 0 Å². The van der Waals surface area contributed by atoms with Gasteiger partial charge in [-0.2, -0.15) is 0 Å². The quantitative estimate of drug-likeness (QED) is 0.608. The van der Waals surface area contributed by atoms with E-state index in [0.29, 0.717) is 0 Å². The average Bonchev–Trinajstić information content (AvgIpc) is 2.92. The van der Waals surface area contributed by atoms with Crippen molar-refractivity contribution in [3.05, 3.63) is 0 Å². The molecule has 0 aromatic rings. The van der Waals surface area contributed by atoms with Crippen LogP contribution < -0.4 is 0 Å². The maximum Gasteiger partial charge on any atom is -0.0289 e. The number of fused-ring (bicyclic) bond motifs is 4. The number of hydrogen-bond acceptors (Lipinski definition) is 0. The Morgan fingerprint density at radius 2 is 1.81 bits per heavy atom. The van der Waals surface area contributed by atoms with Gasteiger partial charge in [-0.25, -0.2) is 0 Å². The summed E-state index contributed by atoms with van der Waals surface area (Å²) in [5, 5.41) is 0. The Kier molecular flexibility index (Phi) is 1.91. The van der Waals surface area contributed by atoms with Crippen LogP contribution in [0.5, 0.6) is 0 Å². The predicted molar refractivity (Wildman–Crippen MR) is 67.0 cm³/mol. The van der Waals surface area contributed by atoms with E-state index in [-0.39, 0.29) is 0 Å². The van der Waals surface area contributed by atoms with Gasteiger partial charge in [-0.1, -0.05) is 20.3 Å². The van der Waals surface area contributed by atoms with Crippen LogP contribution in [0.25, 0.3) is 0 Å². The predicted octanol–water partition coefficient (Wildman–Crippen LogP) is 4.49. The van der Waals surface area contributed by atoms with Gasteiger partial charge < -0.3 is 0 Å². The van der Waals surface area contributed by atoms with Crippen LogP contribution in [-0.2, 0) is 0 Å². The van der Waals surface area contributed by atoms with Crippen LogP contribution in [0.4, 0.5) is 0 Å². The molecule has 7 unspecified atom stereocenters. The molecule has 0 spiro atoms. The third kappa shape index (κ3) is 1.17. The fourth-order valence-corrected chi connectivity index (χ4v) is 6.49. The second-order valence-electron chi connectivity index (χ2n) is 7.98. The van der Waals surface area contributed by atoms with Gasteiger partial charge in [0.2, 0.25) is 0 Å². The van der Waals surface area contributed by atoms with Gasteiger partial charge >= 0.3 is 0 Å². The summed E-state index contributed by atoms with van der Waals surface area (Å²) >= 11 is 0. The van der Waals surface area contributed by atoms with E-state index in [1.807, 2.05) is 0 Å². The minimum atomic E-state index is 0.763. The molecule has 0 aromatic heterocycles. The standard InChI is InChI=1S/C16H26/c1-10-8-16(2)9-13(10)7-15(16)14-6-11-3-4-12(14)5-11/h10-15H,3-9H2,1-2H3. The highest BCUT2D eigenvalue weighted by Crippen LogP contribution is 2.66. The zero-order valence-electron chi connectivity index (χ0n) is 10.9. The molecule has 0 radical (unpaired) electrons. The van der Waals surface area contributed by atoms with Gasteiger partial charge in [0.15, 0.2) is 0 Å². The molecule has 0 aliphatic heterocycles. The first-order valence-electron chi connectivity index (χ1n) is 7.66. The Morgan fingerprint density at radius 3 is 2.31 bits per heavy atom. The van der Waals surface area contributed by atoms with Crippen LogP contribution in [0.1, 0.15) is 58.8 Å². The normalized spacial score (nSPS) is 63.4. The molecule has 4 bridgehead atoms. The largest absolute Gasteiger partial charge is 0.0622 e. The van der Waals surface area contributed by atoms with Gasteiger partial charge in [-0.05, 0) is 79.4 Å². The summed E-state index contributed by atoms with van der Waals surface area (Å²) in [5.74, 6) is 6.73. The summed E-state index contributed by atoms with van der Waals surface area (Å²) in [7, 11) is 0. The molecule has 4 fully saturated rings. The minimum absolute atomic E-state index is 0.763. The second-order valence-corrected chi connectivity index (χ2v) is 7.98. The molecular weight excluding hydrogens is 192 g/mol. The molecule has 0 N–H and O–H groups in total. The first-order valence-corrected chi connectivity index (χ1v) is 7.66. The van der Waals surface area contributed by atoms with E-state index in [4.69, 9.17) is 0 Å². The highest BCUT2D eigenvalue weighted by molar-refractivity contribution is 5.06. The van der Waals surface area contributed by atoms with E-state index < -0.39 is 0 Å². The molecule has 16 heavy (non-hydrogen) atoms. The van der Waals surface area contributed by atoms with E-state index in [9.17, 15) is 0 Å². The molecule has 0 saturated heterocycles. The summed E-state index contributed by atoms with van der Waals surface area (Å²) in [4.78, 5) is 0. The maximum atomic E-state index is 2.63. The smallest absolute Gasteiger partial charge is 0.0289 e. The molecular formula is C16H26. The van der Waals surface area contributed by atoms with Crippen LogP contribution in [0.3, 0.4) is 0 Å². The fraction of sp³-hybridized carbons (Fsp3) is 1.00. The van der Waals surface area contributed by atoms with Crippen molar-refractivity contribution in [2.75, 3.05) is 0 Å². The lowest BCUT2D eigenvalue weighted by Gasteiger charge is -2.41. The fourth-order valence-electron chi connectivity index (χ4n) is 6.49. The zero-order valence-corrected chi connectivity index (χ0v) is 10.9. The molecule has 0 amide bonds. The highest BCUT2D eigenvalue weighted by atomic mass is 14.6. The molecule has 7 atom stereocenters. The van der Waals surface area contributed by atoms with E-state index in [2.05, 4.69) is 13.8 Å². The van der Waals surface area contributed by atoms with Crippen molar-refractivity contribution in [3.63, 3.8) is 0 Å². The Morgan fingerprint density at radius 1 is 0.938 bits per heavy atom. The van der Waals surface area contributed by atoms with Crippen LogP contribution in [0.15, 0.2) is 0 Å². The molecule has 4 saturated carbocycles. The first kappa shape index (κ1) is 9.97. The molecule has 4 aliphatic carbocycles. The molecule has 0 nitrogen and oxygen atoms in total. The van der Waals surface area contributed by atoms with Crippen molar-refractivity contribution in [2.24, 2.45) is 40.9 Å². The van der Waals surface area contributed by atoms with Gasteiger partial charge in [0.25, 0.3) is 0 Å². The molecule has 4 rings (SSSR count). The minimum Gasteiger partial charge on any atom is -0.0622 e. The van der Waals surface area contributed by atoms with Crippen molar-refractivity contribution in [1.29, 1.82) is 0 Å². The van der Waals surface area contributed by atoms with Gasteiger partial charge in [0.05, 0.1) is 0 Å². The Bertz CT molecular complexity index is 303. The van der Waals surface area contributed by atoms with Gasteiger partial charge in [-0.3, -0.25) is 0 Å². The van der Waals surface area contributed by atoms with Gasteiger partial charge in [-0.15, -0.1) is 0 Å². The molecule has 4 aliphatic rings. The summed E-state index contributed by atoms with van der Waals surface area (Å²) in [6, 6.07) is 0. The zero-order chi connectivity index (χ0) is 10.9. The maximum absolute atomic E-state index is 2.63. The summed E-state index contributed by atoms with van der Waals surface area (Å²) in [6.07, 6.45) is 11.1. The number of hydrogen-bond donors (Lipinski definition) is 0. The van der Waals surface area contributed by atoms with E-state index >= 15 is 0 Å². The number of rotatable bonds is 1. The van der Waals surface area contributed by atoms with E-state index in [0.717, 1.165) is 40.9 Å². The molecule has 90 valence electrons. The topological polar surface area (TPSA) is 0 Å². The van der Waals surface area contributed by atoms with Crippen LogP contribution >= 0.6 is 0 Å². The first-order chi connectivity index (χ1) is 7.66. The Balaban J connectivity index is 1.58. The van der Waals surface area contributed by atoms with E-state index in [1.54, 1.807) is 44.9 Å². The third-order valence-corrected chi connectivity index (χ3v) is 7.08. The van der Waals surface area contributed by atoms with Crippen LogP contribution in [-0.4, -0.2) is 0 Å². The highest BCUT2D eigenvalue weighted by Gasteiger charge is 2.57. The van der Waals surface area contributed by atoms with Crippen molar-refractivity contribution < 1.29 is 0 Å². The second kappa shape index (κ2) is 3.06. The molecule has 0 aromatic carbocycles. The average molecular weight is 218 g/mol. The van der Waals surface area contributed by atoms with Gasteiger partial charge in [0, 0.05) is 0 Å². The molecule has 0 heterocycles. The Hall–Kier alpha value is 0. The van der Waals surface area contributed by atoms with Gasteiger partial charge in [0.1, 0.15) is 0 Å². The summed E-state index contributed by atoms with van der Waals surface area (Å²) in [5.41, 5.74) is 0.763. The SMILES string of the molecule is CC1CC2(C)CC1CC2C1CC2CCC1C2. The Labute approximate surface area is 100 Å². The molecule has 0 heteroatoms. The lowest BCUT2D eigenvalue weighted by molar-refractivity contribution is 0.0829.